The maximum Gasteiger partial charge on any atom is 0.267 e. The first kappa shape index (κ1) is 11.9. The SMILES string of the molecule is CC(C)Oc1ccc2c(c1)N(O)C(=O)C(N)C2. The number of ether oxygens (including phenoxy) is 1. The lowest BCUT2D eigenvalue weighted by molar-refractivity contribution is -0.125. The molecule has 1 aliphatic rings. The Balaban J connectivity index is 2.35. The van der Waals surface area contributed by atoms with E-state index in [1.165, 1.54) is 0 Å². The number of carbonyl (C=O) groups excluding carboxylic acids is 1. The molecular weight excluding hydrogens is 220 g/mol. The highest BCUT2D eigenvalue weighted by molar-refractivity contribution is 5.98. The molecule has 92 valence electrons. The Morgan fingerprint density at radius 3 is 2.88 bits per heavy atom. The zero-order valence-electron chi connectivity index (χ0n) is 9.88. The van der Waals surface area contributed by atoms with Gasteiger partial charge in [0.1, 0.15) is 5.75 Å². The van der Waals surface area contributed by atoms with Gasteiger partial charge in [-0.05, 0) is 31.9 Å². The van der Waals surface area contributed by atoms with Crippen LogP contribution in [0.2, 0.25) is 0 Å². The second-order valence-electron chi connectivity index (χ2n) is 4.42. The monoisotopic (exact) mass is 236 g/mol. The molecule has 0 radical (unpaired) electrons. The van der Waals surface area contributed by atoms with Gasteiger partial charge in [0.15, 0.2) is 0 Å². The highest BCUT2D eigenvalue weighted by Gasteiger charge is 2.29. The summed E-state index contributed by atoms with van der Waals surface area (Å²) in [6.45, 7) is 3.83. The van der Waals surface area contributed by atoms with Crippen molar-refractivity contribution in [3.05, 3.63) is 23.8 Å². The van der Waals surface area contributed by atoms with Gasteiger partial charge in [-0.2, -0.15) is 5.06 Å². The lowest BCUT2D eigenvalue weighted by Gasteiger charge is -2.28. The van der Waals surface area contributed by atoms with Gasteiger partial charge in [-0.15, -0.1) is 0 Å². The topological polar surface area (TPSA) is 75.8 Å². The van der Waals surface area contributed by atoms with Gasteiger partial charge in [0.25, 0.3) is 5.91 Å². The number of fused-ring (bicyclic) bond motifs is 1. The van der Waals surface area contributed by atoms with Crippen molar-refractivity contribution in [3.63, 3.8) is 0 Å². The number of hydroxylamine groups is 1. The normalized spacial score (nSPS) is 19.5. The number of rotatable bonds is 2. The Kier molecular flexibility index (Phi) is 3.04. The Morgan fingerprint density at radius 2 is 2.24 bits per heavy atom. The predicted molar refractivity (Wildman–Crippen MR) is 63.2 cm³/mol. The lowest BCUT2D eigenvalue weighted by atomic mass is 9.99. The third kappa shape index (κ3) is 2.25. The van der Waals surface area contributed by atoms with Crippen LogP contribution >= 0.6 is 0 Å². The molecule has 0 saturated carbocycles. The highest BCUT2D eigenvalue weighted by atomic mass is 16.5. The molecule has 1 aromatic rings. The molecule has 0 bridgehead atoms. The molecule has 5 heteroatoms. The molecule has 0 aromatic heterocycles. The van der Waals surface area contributed by atoms with Crippen molar-refractivity contribution in [1.82, 2.24) is 0 Å². The van der Waals surface area contributed by atoms with Crippen LogP contribution in [0.3, 0.4) is 0 Å². The van der Waals surface area contributed by atoms with Crippen LogP contribution in [-0.4, -0.2) is 23.3 Å². The molecule has 1 atom stereocenters. The number of amides is 1. The van der Waals surface area contributed by atoms with E-state index in [4.69, 9.17) is 10.5 Å². The number of nitrogens with zero attached hydrogens (tertiary/aromatic N) is 1. The lowest BCUT2D eigenvalue weighted by Crippen LogP contribution is -2.47. The van der Waals surface area contributed by atoms with E-state index < -0.39 is 11.9 Å². The first-order valence-electron chi connectivity index (χ1n) is 5.57. The molecule has 2 rings (SSSR count). The van der Waals surface area contributed by atoms with Crippen LogP contribution in [0.5, 0.6) is 5.75 Å². The summed E-state index contributed by atoms with van der Waals surface area (Å²) in [5.74, 6) is 0.139. The van der Waals surface area contributed by atoms with Gasteiger partial charge in [0.2, 0.25) is 0 Å². The van der Waals surface area contributed by atoms with Gasteiger partial charge < -0.3 is 10.5 Å². The van der Waals surface area contributed by atoms with Crippen LogP contribution in [0.15, 0.2) is 18.2 Å². The van der Waals surface area contributed by atoms with Gasteiger partial charge in [-0.1, -0.05) is 6.07 Å². The van der Waals surface area contributed by atoms with Crippen LogP contribution in [0.4, 0.5) is 5.69 Å². The van der Waals surface area contributed by atoms with Gasteiger partial charge in [0.05, 0.1) is 17.8 Å². The van der Waals surface area contributed by atoms with Crippen molar-refractivity contribution >= 4 is 11.6 Å². The largest absolute Gasteiger partial charge is 0.491 e. The Morgan fingerprint density at radius 1 is 1.53 bits per heavy atom. The molecular formula is C12H16N2O3. The maximum absolute atomic E-state index is 11.5. The van der Waals surface area contributed by atoms with Crippen LogP contribution < -0.4 is 15.5 Å². The van der Waals surface area contributed by atoms with Crippen molar-refractivity contribution in [2.45, 2.75) is 32.4 Å². The Hall–Kier alpha value is -1.59. The molecule has 0 saturated heterocycles. The average molecular weight is 236 g/mol. The first-order chi connectivity index (χ1) is 7.99. The van der Waals surface area contributed by atoms with Gasteiger partial charge >= 0.3 is 0 Å². The number of benzene rings is 1. The second kappa shape index (κ2) is 4.35. The van der Waals surface area contributed by atoms with Gasteiger partial charge in [0, 0.05) is 6.07 Å². The van der Waals surface area contributed by atoms with E-state index in [1.54, 1.807) is 6.07 Å². The molecule has 1 aromatic carbocycles. The van der Waals surface area contributed by atoms with Crippen LogP contribution in [0.1, 0.15) is 19.4 Å². The van der Waals surface area contributed by atoms with Crippen LogP contribution in [-0.2, 0) is 11.2 Å². The molecule has 0 aliphatic carbocycles. The Bertz CT molecular complexity index is 445. The van der Waals surface area contributed by atoms with Crippen LogP contribution in [0.25, 0.3) is 0 Å². The molecule has 0 spiro atoms. The summed E-state index contributed by atoms with van der Waals surface area (Å²) in [5, 5.41) is 10.3. The van der Waals surface area contributed by atoms with E-state index in [9.17, 15) is 10.0 Å². The summed E-state index contributed by atoms with van der Waals surface area (Å²) in [6.07, 6.45) is 0.481. The number of anilines is 1. The summed E-state index contributed by atoms with van der Waals surface area (Å²) in [6, 6.07) is 4.61. The Labute approximate surface area is 99.7 Å². The van der Waals surface area contributed by atoms with E-state index in [-0.39, 0.29) is 6.10 Å². The van der Waals surface area contributed by atoms with Crippen molar-refractivity contribution < 1.29 is 14.7 Å². The average Bonchev–Trinajstić information content (AvgIpc) is 2.26. The third-order valence-electron chi connectivity index (χ3n) is 2.62. The minimum atomic E-state index is -0.677. The van der Waals surface area contributed by atoms with E-state index in [0.717, 1.165) is 5.56 Å². The molecule has 1 aliphatic heterocycles. The summed E-state index contributed by atoms with van der Waals surface area (Å²) in [5.41, 5.74) is 6.92. The zero-order valence-corrected chi connectivity index (χ0v) is 9.88. The minimum Gasteiger partial charge on any atom is -0.491 e. The molecule has 1 unspecified atom stereocenters. The molecule has 17 heavy (non-hydrogen) atoms. The highest BCUT2D eigenvalue weighted by Crippen LogP contribution is 2.30. The smallest absolute Gasteiger partial charge is 0.267 e. The third-order valence-corrected chi connectivity index (χ3v) is 2.62. The summed E-state index contributed by atoms with van der Waals surface area (Å²) < 4.78 is 5.51. The van der Waals surface area contributed by atoms with E-state index in [2.05, 4.69) is 0 Å². The molecule has 5 nitrogen and oxygen atoms in total. The molecule has 1 heterocycles. The summed E-state index contributed by atoms with van der Waals surface area (Å²) >= 11 is 0. The van der Waals surface area contributed by atoms with Gasteiger partial charge in [-0.25, -0.2) is 0 Å². The van der Waals surface area contributed by atoms with Crippen molar-refractivity contribution in [2.75, 3.05) is 5.06 Å². The van der Waals surface area contributed by atoms with Crippen LogP contribution in [0, 0.1) is 0 Å². The first-order valence-corrected chi connectivity index (χ1v) is 5.57. The summed E-state index contributed by atoms with van der Waals surface area (Å²) in [7, 11) is 0. The number of hydrogen-bond acceptors (Lipinski definition) is 4. The summed E-state index contributed by atoms with van der Waals surface area (Å²) in [4.78, 5) is 11.5. The second-order valence-corrected chi connectivity index (χ2v) is 4.42. The van der Waals surface area contributed by atoms with E-state index >= 15 is 0 Å². The molecule has 3 N–H and O–H groups in total. The molecule has 1 amide bonds. The minimum absolute atomic E-state index is 0.0433. The van der Waals surface area contributed by atoms with Crippen molar-refractivity contribution in [1.29, 1.82) is 0 Å². The fourth-order valence-electron chi connectivity index (χ4n) is 1.86. The fourth-order valence-corrected chi connectivity index (χ4v) is 1.86. The van der Waals surface area contributed by atoms with E-state index in [1.807, 2.05) is 26.0 Å². The zero-order chi connectivity index (χ0) is 12.6. The number of carbonyl (C=O) groups is 1. The molecule has 0 fully saturated rings. The van der Waals surface area contributed by atoms with Crippen molar-refractivity contribution in [2.24, 2.45) is 5.73 Å². The van der Waals surface area contributed by atoms with E-state index in [0.29, 0.717) is 22.9 Å². The number of hydrogen-bond donors (Lipinski definition) is 2. The maximum atomic E-state index is 11.5. The van der Waals surface area contributed by atoms with Gasteiger partial charge in [-0.3, -0.25) is 10.0 Å². The predicted octanol–water partition coefficient (Wildman–Crippen LogP) is 1.08. The quantitative estimate of drug-likeness (QED) is 0.753. The fraction of sp³-hybridized carbons (Fsp3) is 0.417. The standard InChI is InChI=1S/C12H16N2O3/c1-7(2)17-9-4-3-8-5-10(13)12(15)14(16)11(8)6-9/h3-4,6-7,10,16H,5,13H2,1-2H3. The van der Waals surface area contributed by atoms with Crippen molar-refractivity contribution in [3.8, 4) is 5.75 Å². The number of nitrogens with two attached hydrogens (primary N) is 1.